The van der Waals surface area contributed by atoms with Gasteiger partial charge in [-0.05, 0) is 49.2 Å². The van der Waals surface area contributed by atoms with Crippen molar-refractivity contribution in [1.82, 2.24) is 4.90 Å². The van der Waals surface area contributed by atoms with Crippen molar-refractivity contribution >= 4 is 22.7 Å². The normalized spacial score (nSPS) is 29.2. The number of aliphatic hydroxyl groups is 4. The van der Waals surface area contributed by atoms with Crippen LogP contribution in [0, 0.1) is 5.82 Å². The highest BCUT2D eigenvalue weighted by Crippen LogP contribution is 2.44. The Labute approximate surface area is 207 Å². The first-order chi connectivity index (χ1) is 17.1. The van der Waals surface area contributed by atoms with E-state index in [0.29, 0.717) is 29.1 Å². The van der Waals surface area contributed by atoms with E-state index >= 15 is 0 Å². The zero-order valence-electron chi connectivity index (χ0n) is 20.0. The van der Waals surface area contributed by atoms with Gasteiger partial charge in [-0.1, -0.05) is 24.3 Å². The summed E-state index contributed by atoms with van der Waals surface area (Å²) in [6, 6.07) is 10.4. The van der Waals surface area contributed by atoms with E-state index in [4.69, 9.17) is 4.74 Å². The van der Waals surface area contributed by atoms with Gasteiger partial charge in [0.1, 0.15) is 17.2 Å². The predicted octanol–water partition coefficient (Wildman–Crippen LogP) is 1.64. The second-order valence-electron chi connectivity index (χ2n) is 9.90. The van der Waals surface area contributed by atoms with Gasteiger partial charge in [0.05, 0.1) is 43.1 Å². The molecule has 5 rings (SSSR count). The number of nitrogens with zero attached hydrogens (tertiary/aromatic N) is 1. The van der Waals surface area contributed by atoms with Crippen LogP contribution in [0.1, 0.15) is 30.5 Å². The van der Waals surface area contributed by atoms with Crippen molar-refractivity contribution in [3.63, 3.8) is 0 Å². The molecular weight excluding hydrogens is 467 g/mol. The monoisotopic (exact) mass is 496 g/mol. The Bertz CT molecular complexity index is 1240. The van der Waals surface area contributed by atoms with Crippen molar-refractivity contribution < 1.29 is 34.3 Å². The molecule has 9 heteroatoms. The largest absolute Gasteiger partial charge is 0.482 e. The molecular formula is C27H29FN2O6. The Hall–Kier alpha value is -3.08. The first-order valence-corrected chi connectivity index (χ1v) is 11.8. The number of carbonyl (C=O) groups excluding carboxylic acids is 1. The van der Waals surface area contributed by atoms with E-state index in [1.807, 2.05) is 38.1 Å². The molecule has 4 atom stereocenters. The zero-order chi connectivity index (χ0) is 25.8. The highest BCUT2D eigenvalue weighted by molar-refractivity contribution is 6.32. The summed E-state index contributed by atoms with van der Waals surface area (Å²) in [6.07, 6.45) is -0.488. The highest BCUT2D eigenvalue weighted by Gasteiger charge is 2.46. The van der Waals surface area contributed by atoms with Crippen LogP contribution in [-0.4, -0.2) is 74.3 Å². The topological polar surface area (TPSA) is 122 Å². The van der Waals surface area contributed by atoms with Crippen LogP contribution in [0.15, 0.2) is 54.3 Å². The fourth-order valence-electron chi connectivity index (χ4n) is 5.36. The third-order valence-electron chi connectivity index (χ3n) is 7.26. The minimum Gasteiger partial charge on any atom is -0.482 e. The van der Waals surface area contributed by atoms with E-state index in [0.717, 1.165) is 16.7 Å². The maximum Gasteiger partial charge on any atom is 0.260 e. The number of benzene rings is 2. The molecule has 0 radical (unpaired) electrons. The smallest absolute Gasteiger partial charge is 0.260 e. The van der Waals surface area contributed by atoms with Crippen LogP contribution in [0.25, 0.3) is 11.1 Å². The summed E-state index contributed by atoms with van der Waals surface area (Å²) in [7, 11) is 0. The molecule has 3 heterocycles. The molecule has 2 aromatic carbocycles. The Kier molecular flexibility index (Phi) is 6.22. The van der Waals surface area contributed by atoms with E-state index < -0.39 is 35.7 Å². The van der Waals surface area contributed by atoms with Crippen LogP contribution in [0.5, 0.6) is 0 Å². The Morgan fingerprint density at radius 3 is 2.28 bits per heavy atom. The summed E-state index contributed by atoms with van der Waals surface area (Å²) in [4.78, 5) is 14.4. The zero-order valence-corrected chi connectivity index (χ0v) is 20.0. The highest BCUT2D eigenvalue weighted by atomic mass is 19.1. The maximum atomic E-state index is 13.9. The molecule has 36 heavy (non-hydrogen) atoms. The average molecular weight is 497 g/mol. The van der Waals surface area contributed by atoms with E-state index in [1.165, 1.54) is 18.2 Å². The number of likely N-dealkylation sites (tertiary alicyclic amines) is 1. The number of amides is 1. The van der Waals surface area contributed by atoms with Crippen LogP contribution in [0.2, 0.25) is 0 Å². The molecule has 0 bridgehead atoms. The Morgan fingerprint density at radius 1 is 1.03 bits per heavy atom. The fourth-order valence-corrected chi connectivity index (χ4v) is 5.36. The van der Waals surface area contributed by atoms with Gasteiger partial charge in [-0.25, -0.2) is 4.39 Å². The minimum atomic E-state index is -1.15. The van der Waals surface area contributed by atoms with Crippen molar-refractivity contribution in [3.8, 4) is 0 Å². The second kappa shape index (κ2) is 9.10. The van der Waals surface area contributed by atoms with Crippen molar-refractivity contribution in [1.29, 1.82) is 0 Å². The van der Waals surface area contributed by atoms with Crippen molar-refractivity contribution in [2.24, 2.45) is 0 Å². The van der Waals surface area contributed by atoms with E-state index in [-0.39, 0.29) is 19.1 Å². The number of carbonyl (C=O) groups is 1. The minimum absolute atomic E-state index is 0.292. The molecule has 1 fully saturated rings. The van der Waals surface area contributed by atoms with Crippen molar-refractivity contribution in [2.45, 2.75) is 50.3 Å². The number of aliphatic hydroxyl groups excluding tert-OH is 4. The SMILES string of the molecule is CC1(C)O/C(=C2/C(=O)Nc3ccc(F)cc32)C=C1c1ccc(CN2[C@H](CO)[C@@H](O)[C@H](O)[C@@H]2CO)cc1. The number of nitrogens with one attached hydrogen (secondary N) is 1. The molecule has 0 aromatic heterocycles. The second-order valence-corrected chi connectivity index (χ2v) is 9.90. The van der Waals surface area contributed by atoms with E-state index in [2.05, 4.69) is 5.32 Å². The van der Waals surface area contributed by atoms with Crippen molar-refractivity contribution in [2.75, 3.05) is 18.5 Å². The number of allylic oxidation sites excluding steroid dienone is 1. The van der Waals surface area contributed by atoms with Crippen molar-refractivity contribution in [3.05, 3.63) is 76.8 Å². The molecule has 2 aromatic rings. The maximum absolute atomic E-state index is 13.9. The lowest BCUT2D eigenvalue weighted by Crippen LogP contribution is -2.42. The standard InChI is InChI=1S/C27H29FN2O6/c1-27(2)18(10-22(36-27)23-17-9-16(28)7-8-19(17)29-26(23)35)15-5-3-14(4-6-15)11-30-20(12-31)24(33)25(34)21(30)13-32/h3-10,20-21,24-25,31-34H,11-13H2,1-2H3,(H,29,35)/b23-22+/t20-,21+,24-,25-/m1/s1. The molecule has 0 aliphatic carbocycles. The van der Waals surface area contributed by atoms with Gasteiger partial charge in [-0.3, -0.25) is 9.69 Å². The van der Waals surface area contributed by atoms with Gasteiger partial charge in [-0.15, -0.1) is 0 Å². The third kappa shape index (κ3) is 4.03. The molecule has 8 nitrogen and oxygen atoms in total. The van der Waals surface area contributed by atoms with Crippen LogP contribution in [0.3, 0.4) is 0 Å². The van der Waals surface area contributed by atoms with Gasteiger partial charge in [0.15, 0.2) is 0 Å². The van der Waals surface area contributed by atoms with Gasteiger partial charge in [0.2, 0.25) is 0 Å². The summed E-state index contributed by atoms with van der Waals surface area (Å²) in [6.45, 7) is 3.42. The molecule has 3 aliphatic rings. The summed E-state index contributed by atoms with van der Waals surface area (Å²) >= 11 is 0. The Balaban J connectivity index is 1.44. The summed E-state index contributed by atoms with van der Waals surface area (Å²) in [5, 5.41) is 42.6. The number of anilines is 1. The first-order valence-electron chi connectivity index (χ1n) is 11.8. The number of hydrogen-bond donors (Lipinski definition) is 5. The third-order valence-corrected chi connectivity index (χ3v) is 7.26. The predicted molar refractivity (Wildman–Crippen MR) is 131 cm³/mol. The number of fused-ring (bicyclic) bond motifs is 1. The number of rotatable bonds is 5. The molecule has 0 saturated carbocycles. The molecule has 0 spiro atoms. The van der Waals surface area contributed by atoms with E-state index in [1.54, 1.807) is 11.0 Å². The molecule has 3 aliphatic heterocycles. The summed E-state index contributed by atoms with van der Waals surface area (Å²) in [5.74, 6) is -0.413. The lowest BCUT2D eigenvalue weighted by molar-refractivity contribution is -0.111. The summed E-state index contributed by atoms with van der Waals surface area (Å²) in [5.41, 5.74) is 3.14. The number of ether oxygens (including phenoxy) is 1. The van der Waals surface area contributed by atoms with Crippen LogP contribution in [0.4, 0.5) is 10.1 Å². The molecule has 0 unspecified atom stereocenters. The van der Waals surface area contributed by atoms with E-state index in [9.17, 15) is 29.6 Å². The van der Waals surface area contributed by atoms with Gasteiger partial charge in [0, 0.05) is 23.4 Å². The van der Waals surface area contributed by atoms with Crippen LogP contribution in [-0.2, 0) is 16.1 Å². The molecule has 190 valence electrons. The lowest BCUT2D eigenvalue weighted by Gasteiger charge is -2.28. The van der Waals surface area contributed by atoms with Crippen LogP contribution >= 0.6 is 0 Å². The Morgan fingerprint density at radius 2 is 1.67 bits per heavy atom. The molecule has 1 saturated heterocycles. The first kappa shape index (κ1) is 24.6. The summed E-state index contributed by atoms with van der Waals surface area (Å²) < 4.78 is 20.1. The fraction of sp³-hybridized carbons (Fsp3) is 0.370. The van der Waals surface area contributed by atoms with Crippen LogP contribution < -0.4 is 5.32 Å². The lowest BCUT2D eigenvalue weighted by atomic mass is 9.91. The van der Waals surface area contributed by atoms with Gasteiger partial charge in [-0.2, -0.15) is 0 Å². The van der Waals surface area contributed by atoms with Gasteiger partial charge in [0.25, 0.3) is 5.91 Å². The van der Waals surface area contributed by atoms with Gasteiger partial charge >= 0.3 is 0 Å². The quantitative estimate of drug-likeness (QED) is 0.399. The van der Waals surface area contributed by atoms with Gasteiger partial charge < -0.3 is 30.5 Å². The number of hydrogen-bond acceptors (Lipinski definition) is 7. The molecule has 1 amide bonds. The average Bonchev–Trinajstić information content (AvgIpc) is 3.41. The molecule has 5 N–H and O–H groups in total. The number of halogens is 1.